The lowest BCUT2D eigenvalue weighted by Gasteiger charge is -2.44. The molecular formula is C24H22F7N7O4. The Morgan fingerprint density at radius 2 is 1.83 bits per heavy atom. The maximum Gasteiger partial charge on any atom is 0.418 e. The Labute approximate surface area is 231 Å². The summed E-state index contributed by atoms with van der Waals surface area (Å²) in [5.41, 5.74) is 0.611. The topological polar surface area (TPSA) is 148 Å². The number of nitrogens with one attached hydrogen (secondary N) is 1. The molecule has 0 aromatic carbocycles. The summed E-state index contributed by atoms with van der Waals surface area (Å²) in [6.45, 7) is -0.867. The first-order valence-electron chi connectivity index (χ1n) is 12.3. The minimum atomic E-state index is -4.91. The third-order valence-electron chi connectivity index (χ3n) is 7.39. The zero-order valence-corrected chi connectivity index (χ0v) is 21.5. The third kappa shape index (κ3) is 4.92. The van der Waals surface area contributed by atoms with Crippen molar-refractivity contribution in [1.82, 2.24) is 29.8 Å². The number of amides is 2. The van der Waals surface area contributed by atoms with Crippen molar-refractivity contribution in [2.24, 2.45) is 5.92 Å². The first kappa shape index (κ1) is 29.3. The summed E-state index contributed by atoms with van der Waals surface area (Å²) in [6.07, 6.45) is -11.1. The van der Waals surface area contributed by atoms with Crippen molar-refractivity contribution in [3.63, 3.8) is 0 Å². The van der Waals surface area contributed by atoms with E-state index in [1.807, 2.05) is 0 Å². The van der Waals surface area contributed by atoms with E-state index in [9.17, 15) is 45.4 Å². The number of likely N-dealkylation sites (tertiary alicyclic amines) is 1. The second-order valence-corrected chi connectivity index (χ2v) is 10.1. The molecule has 2 fully saturated rings. The number of nitrogens with zero attached hydrogens (tertiary/aromatic N) is 5. The molecule has 3 aromatic heterocycles. The van der Waals surface area contributed by atoms with Crippen LogP contribution in [0.5, 0.6) is 5.88 Å². The average molecular weight is 605 g/mol. The number of anilines is 1. The Morgan fingerprint density at radius 1 is 1.14 bits per heavy atom. The highest BCUT2D eigenvalue weighted by Crippen LogP contribution is 2.49. The number of carbonyl (C=O) groups is 2. The predicted octanol–water partition coefficient (Wildman–Crippen LogP) is 2.38. The molecular weight excluding hydrogens is 583 g/mol. The molecule has 11 nitrogen and oxygen atoms in total. The number of alkyl halides is 7. The van der Waals surface area contributed by atoms with Crippen molar-refractivity contribution >= 4 is 23.1 Å². The molecule has 0 radical (unpaired) electrons. The van der Waals surface area contributed by atoms with E-state index in [2.05, 4.69) is 20.4 Å². The first-order chi connectivity index (χ1) is 19.5. The van der Waals surface area contributed by atoms with E-state index in [0.29, 0.717) is 0 Å². The average Bonchev–Trinajstić information content (AvgIpc) is 3.47. The summed E-state index contributed by atoms with van der Waals surface area (Å²) in [7, 11) is 1.18. The van der Waals surface area contributed by atoms with E-state index in [1.54, 1.807) is 0 Å². The number of methoxy groups -OCH3 is 1. The number of nitrogen functional groups attached to an aromatic ring is 1. The van der Waals surface area contributed by atoms with Crippen LogP contribution in [-0.2, 0) is 11.0 Å². The highest BCUT2D eigenvalue weighted by atomic mass is 19.4. The van der Waals surface area contributed by atoms with Gasteiger partial charge in [0, 0.05) is 24.2 Å². The fourth-order valence-electron chi connectivity index (χ4n) is 5.15. The molecule has 3 aromatic rings. The third-order valence-corrected chi connectivity index (χ3v) is 7.39. The van der Waals surface area contributed by atoms with E-state index in [0.717, 1.165) is 34.1 Å². The number of nitrogens with two attached hydrogens (primary N) is 1. The molecule has 5 rings (SSSR count). The van der Waals surface area contributed by atoms with Crippen LogP contribution in [0.3, 0.4) is 0 Å². The van der Waals surface area contributed by atoms with E-state index in [4.69, 9.17) is 10.5 Å². The van der Waals surface area contributed by atoms with Crippen LogP contribution >= 0.6 is 0 Å². The number of hydrogen-bond donors (Lipinski definition) is 3. The molecule has 1 aliphatic heterocycles. The van der Waals surface area contributed by atoms with Crippen molar-refractivity contribution in [2.45, 2.75) is 43.0 Å². The SMILES string of the molecule is COc1ncc(-c2cc(C(F)(F)F)c3c(N)ncnn23)cc1C(=O)NC1CN(C(=O)C2CC(O)(C(F)(F)F)C2)C[C@@H]1F. The van der Waals surface area contributed by atoms with Gasteiger partial charge in [-0.05, 0) is 25.0 Å². The van der Waals surface area contributed by atoms with Crippen LogP contribution in [0.4, 0.5) is 36.6 Å². The van der Waals surface area contributed by atoms with Crippen LogP contribution in [0, 0.1) is 5.92 Å². The number of halogens is 7. The normalized spacial score (nSPS) is 24.5. The first-order valence-corrected chi connectivity index (χ1v) is 12.3. The molecule has 2 aliphatic rings. The molecule has 4 heterocycles. The van der Waals surface area contributed by atoms with Crippen molar-refractivity contribution < 1.29 is 50.2 Å². The quantitative estimate of drug-likeness (QED) is 0.376. The lowest BCUT2D eigenvalue weighted by atomic mass is 9.70. The molecule has 2 amide bonds. The number of aromatic nitrogens is 4. The monoisotopic (exact) mass is 605 g/mol. The molecule has 18 heteroatoms. The number of carbonyl (C=O) groups excluding carboxylic acids is 2. The van der Waals surface area contributed by atoms with Gasteiger partial charge in [-0.1, -0.05) is 0 Å². The highest BCUT2D eigenvalue weighted by Gasteiger charge is 2.63. The molecule has 2 atom stereocenters. The van der Waals surface area contributed by atoms with Gasteiger partial charge in [0.1, 0.15) is 23.6 Å². The Balaban J connectivity index is 1.36. The molecule has 4 N–H and O–H groups in total. The van der Waals surface area contributed by atoms with E-state index in [-0.39, 0.29) is 29.2 Å². The molecule has 0 bridgehead atoms. The summed E-state index contributed by atoms with van der Waals surface area (Å²) in [4.78, 5) is 34.4. The molecule has 1 aliphatic carbocycles. The Hall–Kier alpha value is -4.22. The smallest absolute Gasteiger partial charge is 0.418 e. The molecule has 1 unspecified atom stereocenters. The van der Waals surface area contributed by atoms with Crippen molar-refractivity contribution in [3.05, 3.63) is 35.8 Å². The summed E-state index contributed by atoms with van der Waals surface area (Å²) >= 11 is 0. The van der Waals surface area contributed by atoms with Crippen molar-refractivity contribution in [1.29, 1.82) is 0 Å². The zero-order valence-electron chi connectivity index (χ0n) is 21.5. The molecule has 1 saturated heterocycles. The molecule has 0 spiro atoms. The molecule has 42 heavy (non-hydrogen) atoms. The van der Waals surface area contributed by atoms with Crippen LogP contribution in [0.25, 0.3) is 16.8 Å². The number of aliphatic hydroxyl groups is 1. The number of fused-ring (bicyclic) bond motifs is 1. The lowest BCUT2D eigenvalue weighted by Crippen LogP contribution is -2.58. The number of rotatable bonds is 5. The fraction of sp³-hybridized carbons (Fsp3) is 0.458. The van der Waals surface area contributed by atoms with Crippen LogP contribution in [0.2, 0.25) is 0 Å². The van der Waals surface area contributed by atoms with Gasteiger partial charge in [0.15, 0.2) is 11.4 Å². The van der Waals surface area contributed by atoms with Crippen LogP contribution < -0.4 is 15.8 Å². The van der Waals surface area contributed by atoms with Crippen LogP contribution in [0.15, 0.2) is 24.7 Å². The van der Waals surface area contributed by atoms with Crippen LogP contribution in [-0.4, -0.2) is 85.6 Å². The van der Waals surface area contributed by atoms with Gasteiger partial charge < -0.3 is 25.8 Å². The van der Waals surface area contributed by atoms with E-state index < -0.39 is 84.2 Å². The maximum atomic E-state index is 14.8. The Bertz CT molecular complexity index is 1550. The number of ether oxygens (including phenoxy) is 1. The Morgan fingerprint density at radius 3 is 2.45 bits per heavy atom. The summed E-state index contributed by atoms with van der Waals surface area (Å²) in [5.74, 6) is -3.57. The van der Waals surface area contributed by atoms with Gasteiger partial charge in [-0.2, -0.15) is 31.4 Å². The summed E-state index contributed by atoms with van der Waals surface area (Å²) < 4.78 is 101. The van der Waals surface area contributed by atoms with Gasteiger partial charge in [0.25, 0.3) is 5.91 Å². The molecule has 1 saturated carbocycles. The minimum Gasteiger partial charge on any atom is -0.480 e. The zero-order chi connectivity index (χ0) is 30.8. The minimum absolute atomic E-state index is 0.00768. The molecule has 226 valence electrons. The van der Waals surface area contributed by atoms with Gasteiger partial charge in [-0.15, -0.1) is 0 Å². The predicted molar refractivity (Wildman–Crippen MR) is 129 cm³/mol. The maximum absolute atomic E-state index is 14.8. The van der Waals surface area contributed by atoms with Crippen LogP contribution in [0.1, 0.15) is 28.8 Å². The summed E-state index contributed by atoms with van der Waals surface area (Å²) in [5, 5.41) is 15.8. The van der Waals surface area contributed by atoms with Crippen molar-refractivity contribution in [3.8, 4) is 17.1 Å². The van der Waals surface area contributed by atoms with E-state index >= 15 is 0 Å². The second-order valence-electron chi connectivity index (χ2n) is 10.1. The fourth-order valence-corrected chi connectivity index (χ4v) is 5.15. The van der Waals surface area contributed by atoms with Gasteiger partial charge in [0.05, 0.1) is 31.0 Å². The van der Waals surface area contributed by atoms with Gasteiger partial charge in [0.2, 0.25) is 11.8 Å². The largest absolute Gasteiger partial charge is 0.480 e. The Kier molecular flexibility index (Phi) is 6.94. The highest BCUT2D eigenvalue weighted by molar-refractivity contribution is 5.98. The van der Waals surface area contributed by atoms with Crippen molar-refractivity contribution in [2.75, 3.05) is 25.9 Å². The number of hydrogen-bond acceptors (Lipinski definition) is 8. The van der Waals surface area contributed by atoms with Gasteiger partial charge in [-0.3, -0.25) is 9.59 Å². The van der Waals surface area contributed by atoms with E-state index in [1.165, 1.54) is 7.11 Å². The lowest BCUT2D eigenvalue weighted by molar-refractivity contribution is -0.296. The summed E-state index contributed by atoms with van der Waals surface area (Å²) in [6, 6.07) is 0.637. The standard InChI is InChI=1S/C24H22F7N7O4/c1-42-20-12(2-10(6-33-20)16-3-13(23(26,27)28)17-18(32)34-9-35-38(16)17)19(39)36-15-8-37(7-14(15)25)21(40)11-4-22(41,5-11)24(29,30)31/h2-3,6,9,11,14-15,41H,4-5,7-8H2,1H3,(H,36,39)(H2,32,34,35)/t11?,14-,15?,22?/m0/s1. The second kappa shape index (κ2) is 9.95. The van der Waals surface area contributed by atoms with Gasteiger partial charge >= 0.3 is 12.4 Å². The number of pyridine rings is 1. The van der Waals surface area contributed by atoms with Gasteiger partial charge in [-0.25, -0.2) is 18.9 Å².